The molecule has 3 aliphatic heterocycles. The molecular formula is C80H139NO18. The van der Waals surface area contributed by atoms with Gasteiger partial charge < -0.3 is 89.9 Å². The summed E-state index contributed by atoms with van der Waals surface area (Å²) in [4.78, 5) is 13.5. The Labute approximate surface area is 596 Å². The van der Waals surface area contributed by atoms with Gasteiger partial charge in [0.2, 0.25) is 5.91 Å². The lowest BCUT2D eigenvalue weighted by molar-refractivity contribution is -0.379. The molecule has 19 nitrogen and oxygen atoms in total. The van der Waals surface area contributed by atoms with Crippen LogP contribution in [0.25, 0.3) is 0 Å². The summed E-state index contributed by atoms with van der Waals surface area (Å²) in [6.45, 7) is 1.69. The van der Waals surface area contributed by atoms with Gasteiger partial charge in [-0.15, -0.1) is 0 Å². The molecule has 1 amide bonds. The Morgan fingerprint density at radius 3 is 1.09 bits per heavy atom. The van der Waals surface area contributed by atoms with Crippen molar-refractivity contribution >= 4 is 5.91 Å². The topological polar surface area (TPSA) is 307 Å². The maximum absolute atomic E-state index is 13.5. The van der Waals surface area contributed by atoms with Crippen LogP contribution in [0.2, 0.25) is 0 Å². The Hall–Kier alpha value is -3.29. The first-order valence-electron chi connectivity index (χ1n) is 39.0. The van der Waals surface area contributed by atoms with E-state index >= 15 is 0 Å². The second kappa shape index (κ2) is 60.0. The van der Waals surface area contributed by atoms with Crippen LogP contribution in [-0.2, 0) is 33.2 Å². The molecule has 19 heteroatoms. The fourth-order valence-electron chi connectivity index (χ4n) is 12.7. The number of hydrogen-bond donors (Lipinski definition) is 12. The third-order valence-electron chi connectivity index (χ3n) is 18.9. The normalized spacial score (nSPS) is 27.1. The van der Waals surface area contributed by atoms with Gasteiger partial charge in [-0.25, -0.2) is 0 Å². The first-order valence-corrected chi connectivity index (χ1v) is 39.0. The Morgan fingerprint density at radius 1 is 0.374 bits per heavy atom. The van der Waals surface area contributed by atoms with E-state index in [4.69, 9.17) is 28.4 Å². The van der Waals surface area contributed by atoms with Crippen molar-refractivity contribution in [3.8, 4) is 0 Å². The van der Waals surface area contributed by atoms with Crippen LogP contribution >= 0.6 is 0 Å². The van der Waals surface area contributed by atoms with Gasteiger partial charge in [0.1, 0.15) is 73.2 Å². The Balaban J connectivity index is 1.32. The van der Waals surface area contributed by atoms with E-state index in [0.717, 1.165) is 103 Å². The summed E-state index contributed by atoms with van der Waals surface area (Å²) < 4.78 is 34.5. The lowest BCUT2D eigenvalue weighted by Crippen LogP contribution is -2.66. The largest absolute Gasteiger partial charge is 0.394 e. The highest BCUT2D eigenvalue weighted by Gasteiger charge is 2.54. The summed E-state index contributed by atoms with van der Waals surface area (Å²) in [6, 6.07) is -0.892. The van der Waals surface area contributed by atoms with Crippen LogP contribution in [0.5, 0.6) is 0 Å². The monoisotopic (exact) mass is 1400 g/mol. The number of allylic oxidation sites excluding steroid dienone is 16. The zero-order chi connectivity index (χ0) is 71.8. The maximum Gasteiger partial charge on any atom is 0.220 e. The highest BCUT2D eigenvalue weighted by atomic mass is 16.8. The molecule has 3 heterocycles. The minimum absolute atomic E-state index is 0.245. The molecule has 0 bridgehead atoms. The lowest BCUT2D eigenvalue weighted by atomic mass is 9.96. The number of aliphatic hydroxyl groups excluding tert-OH is 11. The fraction of sp³-hybridized carbons (Fsp3) is 0.787. The first-order chi connectivity index (χ1) is 48.3. The molecule has 99 heavy (non-hydrogen) atoms. The standard InChI is InChI=1S/C80H139NO18/c1-3-5-7-9-11-13-15-17-19-20-21-22-23-24-25-26-27-28-29-30-31-32-33-34-35-36-37-38-39-40-41-42-44-46-48-50-52-54-56-58-68(86)81-63(64(85)57-55-53-51-49-47-45-43-18-16-14-12-10-8-6-4-2)62-94-78-74(92)71(89)76(66(60-83)96-78)99-80-75(93)72(90)77(67(61-84)97-80)98-79-73(91)70(88)69(87)65(59-82)95-79/h5,7,11,13,17,19,21-22,24-25,27-28,30-31,33-34,63-67,69-80,82-85,87-93H,3-4,6,8-10,12,14-16,18,20,23,26,29,32,35-62H2,1-2H3,(H,81,86)/b7-5-,13-11-,19-17-,22-21-,25-24-,28-27-,31-30-,34-33-. The van der Waals surface area contributed by atoms with E-state index in [1.807, 2.05) is 0 Å². The number of aliphatic hydroxyl groups is 11. The Kier molecular flexibility index (Phi) is 54.5. The molecule has 3 fully saturated rings. The zero-order valence-electron chi connectivity index (χ0n) is 60.9. The summed E-state index contributed by atoms with van der Waals surface area (Å²) in [5.74, 6) is -0.245. The van der Waals surface area contributed by atoms with E-state index in [9.17, 15) is 61.0 Å². The number of hydrogen-bond acceptors (Lipinski definition) is 18. The van der Waals surface area contributed by atoms with Crippen molar-refractivity contribution in [3.05, 3.63) is 97.2 Å². The SMILES string of the molecule is CC/C=C\C/C=C\C/C=C\C/C=C\C/C=C\C/C=C\C/C=C\C/C=C\CCCCCCCCCCCCCCCCC(=O)NC(COC1OC(CO)C(OC2OC(CO)C(OC3OC(CO)C(O)C(O)C3O)C(O)C2O)C(O)C1O)C(O)CCCCCCCCCCCCCCCCC. The van der Waals surface area contributed by atoms with Gasteiger partial charge in [-0.05, 0) is 77.0 Å². The third-order valence-corrected chi connectivity index (χ3v) is 18.9. The Bertz CT molecular complexity index is 2170. The van der Waals surface area contributed by atoms with Crippen LogP contribution in [0, 0.1) is 0 Å². The molecule has 0 aromatic carbocycles. The van der Waals surface area contributed by atoms with Gasteiger partial charge >= 0.3 is 0 Å². The molecule has 17 atom stereocenters. The molecule has 0 radical (unpaired) electrons. The second-order valence-electron chi connectivity index (χ2n) is 27.4. The van der Waals surface area contributed by atoms with Crippen molar-refractivity contribution in [2.45, 2.75) is 375 Å². The zero-order valence-corrected chi connectivity index (χ0v) is 60.9. The van der Waals surface area contributed by atoms with Gasteiger partial charge in [0.15, 0.2) is 18.9 Å². The summed E-state index contributed by atoms with van der Waals surface area (Å²) in [5, 5.41) is 121. The number of ether oxygens (including phenoxy) is 6. The minimum Gasteiger partial charge on any atom is -0.394 e. The number of rotatable bonds is 60. The molecule has 3 aliphatic rings. The summed E-state index contributed by atoms with van der Waals surface area (Å²) in [5.41, 5.74) is 0. The van der Waals surface area contributed by atoms with Crippen molar-refractivity contribution in [2.75, 3.05) is 26.4 Å². The predicted octanol–water partition coefficient (Wildman–Crippen LogP) is 12.4. The van der Waals surface area contributed by atoms with Crippen molar-refractivity contribution in [1.82, 2.24) is 5.32 Å². The van der Waals surface area contributed by atoms with E-state index in [1.54, 1.807) is 0 Å². The smallest absolute Gasteiger partial charge is 0.220 e. The summed E-state index contributed by atoms with van der Waals surface area (Å²) in [6.07, 6.45) is 53.5. The molecule has 3 rings (SSSR count). The molecule has 0 spiro atoms. The molecule has 3 saturated heterocycles. The van der Waals surface area contributed by atoms with Crippen LogP contribution in [0.15, 0.2) is 97.2 Å². The lowest BCUT2D eigenvalue weighted by Gasteiger charge is -2.48. The number of carbonyl (C=O) groups is 1. The van der Waals surface area contributed by atoms with E-state index in [0.29, 0.717) is 12.8 Å². The molecule has 572 valence electrons. The quantitative estimate of drug-likeness (QED) is 0.0199. The van der Waals surface area contributed by atoms with Crippen molar-refractivity contribution in [3.63, 3.8) is 0 Å². The molecular weight excluding hydrogens is 1260 g/mol. The van der Waals surface area contributed by atoms with Crippen molar-refractivity contribution in [2.24, 2.45) is 0 Å². The minimum atomic E-state index is -1.98. The number of carbonyl (C=O) groups excluding carboxylic acids is 1. The van der Waals surface area contributed by atoms with Gasteiger partial charge in [0.25, 0.3) is 0 Å². The molecule has 0 saturated carbocycles. The molecule has 0 aliphatic carbocycles. The van der Waals surface area contributed by atoms with Crippen LogP contribution in [-0.4, -0.2) is 193 Å². The van der Waals surface area contributed by atoms with Crippen molar-refractivity contribution < 1.29 is 89.4 Å². The molecule has 0 aromatic heterocycles. The Morgan fingerprint density at radius 2 is 0.697 bits per heavy atom. The van der Waals surface area contributed by atoms with E-state index in [1.165, 1.54) is 135 Å². The highest BCUT2D eigenvalue weighted by molar-refractivity contribution is 5.76. The van der Waals surface area contributed by atoms with Gasteiger partial charge in [-0.3, -0.25) is 4.79 Å². The van der Waals surface area contributed by atoms with Gasteiger partial charge in [-0.1, -0.05) is 284 Å². The number of unbranched alkanes of at least 4 members (excludes halogenated alkanes) is 28. The van der Waals surface area contributed by atoms with Gasteiger partial charge in [-0.2, -0.15) is 0 Å². The van der Waals surface area contributed by atoms with Gasteiger partial charge in [0.05, 0.1) is 38.6 Å². The van der Waals surface area contributed by atoms with Crippen LogP contribution in [0.4, 0.5) is 0 Å². The van der Waals surface area contributed by atoms with Crippen LogP contribution < -0.4 is 5.32 Å². The van der Waals surface area contributed by atoms with Crippen molar-refractivity contribution in [1.29, 1.82) is 0 Å². The first kappa shape index (κ1) is 89.9. The average molecular weight is 1400 g/mol. The van der Waals surface area contributed by atoms with Crippen LogP contribution in [0.3, 0.4) is 0 Å². The summed E-state index contributed by atoms with van der Waals surface area (Å²) >= 11 is 0. The average Bonchev–Trinajstić information content (AvgIpc) is 0.784. The van der Waals surface area contributed by atoms with E-state index < -0.39 is 124 Å². The summed E-state index contributed by atoms with van der Waals surface area (Å²) in [7, 11) is 0. The fourth-order valence-corrected chi connectivity index (χ4v) is 12.7. The van der Waals surface area contributed by atoms with E-state index in [-0.39, 0.29) is 18.9 Å². The third kappa shape index (κ3) is 40.5. The molecule has 0 aromatic rings. The van der Waals surface area contributed by atoms with Crippen LogP contribution in [0.1, 0.15) is 271 Å². The predicted molar refractivity (Wildman–Crippen MR) is 392 cm³/mol. The maximum atomic E-state index is 13.5. The number of nitrogens with one attached hydrogen (secondary N) is 1. The van der Waals surface area contributed by atoms with Gasteiger partial charge in [0, 0.05) is 6.42 Å². The molecule has 17 unspecified atom stereocenters. The molecule has 12 N–H and O–H groups in total. The van der Waals surface area contributed by atoms with E-state index in [2.05, 4.69) is 116 Å². The second-order valence-corrected chi connectivity index (χ2v) is 27.4. The highest BCUT2D eigenvalue weighted by Crippen LogP contribution is 2.33. The number of amides is 1.